The summed E-state index contributed by atoms with van der Waals surface area (Å²) in [7, 11) is 0. The molecule has 1 heterocycles. The summed E-state index contributed by atoms with van der Waals surface area (Å²) in [4.78, 5) is 16.6. The van der Waals surface area contributed by atoms with Gasteiger partial charge in [0, 0.05) is 19.0 Å². The number of nitrogens with two attached hydrogens (primary N) is 1. The van der Waals surface area contributed by atoms with Crippen molar-refractivity contribution in [3.05, 3.63) is 29.3 Å². The largest absolute Gasteiger partial charge is 0.352 e. The van der Waals surface area contributed by atoms with Crippen LogP contribution in [0.1, 0.15) is 38.1 Å². The Morgan fingerprint density at radius 1 is 1.29 bits per heavy atom. The van der Waals surface area contributed by atoms with E-state index in [-0.39, 0.29) is 36.8 Å². The van der Waals surface area contributed by atoms with Crippen molar-refractivity contribution >= 4 is 52.3 Å². The van der Waals surface area contributed by atoms with Crippen LogP contribution in [0.4, 0.5) is 0 Å². The number of carbonyl (C=O) groups is 1. The average Bonchev–Trinajstić information content (AvgIpc) is 2.88. The first-order chi connectivity index (χ1) is 10.6. The van der Waals surface area contributed by atoms with Gasteiger partial charge in [-0.3, -0.25) is 4.79 Å². The number of hydrogen-bond acceptors (Lipinski definition) is 4. The molecule has 0 aliphatic heterocycles. The molecule has 136 valence electrons. The van der Waals surface area contributed by atoms with Crippen molar-refractivity contribution in [2.45, 2.75) is 45.6 Å². The van der Waals surface area contributed by atoms with E-state index >= 15 is 0 Å². The van der Waals surface area contributed by atoms with Gasteiger partial charge in [-0.1, -0.05) is 26.0 Å². The molecule has 0 radical (unpaired) electrons. The highest BCUT2D eigenvalue weighted by Crippen LogP contribution is 2.22. The highest BCUT2D eigenvalue weighted by atomic mass is 35.5. The van der Waals surface area contributed by atoms with Crippen molar-refractivity contribution in [1.82, 2.24) is 10.3 Å². The van der Waals surface area contributed by atoms with E-state index in [1.807, 2.05) is 18.2 Å². The predicted octanol–water partition coefficient (Wildman–Crippen LogP) is 3.95. The first kappa shape index (κ1) is 23.1. The molecule has 1 aromatic carbocycles. The Morgan fingerprint density at radius 2 is 2.00 bits per heavy atom. The van der Waals surface area contributed by atoms with Crippen LogP contribution in [0, 0.1) is 5.92 Å². The third-order valence-electron chi connectivity index (χ3n) is 3.54. The summed E-state index contributed by atoms with van der Waals surface area (Å²) < 4.78 is 1.21. The first-order valence-corrected chi connectivity index (χ1v) is 8.74. The van der Waals surface area contributed by atoms with Crippen LogP contribution in [0.2, 0.25) is 0 Å². The maximum atomic E-state index is 12.0. The van der Waals surface area contributed by atoms with Crippen molar-refractivity contribution < 1.29 is 4.79 Å². The number of benzene rings is 1. The quantitative estimate of drug-likeness (QED) is 0.715. The van der Waals surface area contributed by atoms with Gasteiger partial charge in [0.2, 0.25) is 5.91 Å². The highest BCUT2D eigenvalue weighted by Gasteiger charge is 2.12. The summed E-state index contributed by atoms with van der Waals surface area (Å²) in [6.07, 6.45) is 3.14. The third kappa shape index (κ3) is 7.34. The fourth-order valence-corrected chi connectivity index (χ4v) is 3.52. The zero-order valence-electron chi connectivity index (χ0n) is 14.2. The summed E-state index contributed by atoms with van der Waals surface area (Å²) in [6, 6.07) is 8.23. The smallest absolute Gasteiger partial charge is 0.220 e. The normalized spacial score (nSPS) is 11.7. The molecule has 3 N–H and O–H groups in total. The summed E-state index contributed by atoms with van der Waals surface area (Å²) in [5.74, 6) is 0.633. The van der Waals surface area contributed by atoms with Gasteiger partial charge in [0.25, 0.3) is 0 Å². The number of aromatic nitrogens is 1. The molecule has 4 nitrogen and oxygen atoms in total. The van der Waals surface area contributed by atoms with E-state index in [4.69, 9.17) is 5.73 Å². The molecule has 1 atom stereocenters. The van der Waals surface area contributed by atoms with Gasteiger partial charge in [-0.2, -0.15) is 0 Å². The molecule has 0 aliphatic rings. The molecule has 1 aromatic heterocycles. The first-order valence-electron chi connectivity index (χ1n) is 7.92. The lowest BCUT2D eigenvalue weighted by Crippen LogP contribution is -2.40. The number of thiazole rings is 1. The van der Waals surface area contributed by atoms with Crippen LogP contribution in [-0.4, -0.2) is 23.5 Å². The van der Waals surface area contributed by atoms with Crippen molar-refractivity contribution in [2.75, 3.05) is 6.54 Å². The highest BCUT2D eigenvalue weighted by molar-refractivity contribution is 7.18. The molecule has 1 amide bonds. The topological polar surface area (TPSA) is 68.0 Å². The SMILES string of the molecule is CC(C)CC(CN)NC(=O)CCCc1nc2ccccc2s1.Cl.Cl. The summed E-state index contributed by atoms with van der Waals surface area (Å²) in [6.45, 7) is 4.78. The Hall–Kier alpha value is -0.880. The lowest BCUT2D eigenvalue weighted by molar-refractivity contribution is -0.121. The van der Waals surface area contributed by atoms with Crippen LogP contribution in [0.3, 0.4) is 0 Å². The molecule has 0 saturated heterocycles. The predicted molar refractivity (Wildman–Crippen MR) is 107 cm³/mol. The number of amides is 1. The van der Waals surface area contributed by atoms with E-state index in [1.165, 1.54) is 4.70 Å². The number of carbonyl (C=O) groups excluding carboxylic acids is 1. The Kier molecular flexibility index (Phi) is 11.2. The van der Waals surface area contributed by atoms with Crippen LogP contribution in [-0.2, 0) is 11.2 Å². The molecule has 7 heteroatoms. The fourth-order valence-electron chi connectivity index (χ4n) is 2.51. The van der Waals surface area contributed by atoms with Gasteiger partial charge >= 0.3 is 0 Å². The van der Waals surface area contributed by atoms with Gasteiger partial charge in [-0.05, 0) is 37.3 Å². The van der Waals surface area contributed by atoms with Crippen LogP contribution in [0.5, 0.6) is 0 Å². The number of nitrogens with zero attached hydrogens (tertiary/aromatic N) is 1. The molecule has 2 aromatic rings. The number of para-hydroxylation sites is 1. The monoisotopic (exact) mass is 391 g/mol. The van der Waals surface area contributed by atoms with Crippen LogP contribution < -0.4 is 11.1 Å². The molecule has 0 bridgehead atoms. The number of fused-ring (bicyclic) bond motifs is 1. The summed E-state index contributed by atoms with van der Waals surface area (Å²) >= 11 is 1.71. The lowest BCUT2D eigenvalue weighted by Gasteiger charge is -2.18. The standard InChI is InChI=1S/C17H25N3OS.2ClH/c1-12(2)10-13(11-18)19-16(21)8-5-9-17-20-14-6-3-4-7-15(14)22-17;;/h3-4,6-7,12-13H,5,8-11,18H2,1-2H3,(H,19,21);2*1H. The van der Waals surface area contributed by atoms with E-state index in [0.29, 0.717) is 18.9 Å². The second-order valence-corrected chi connectivity index (χ2v) is 7.17. The Balaban J connectivity index is 0.00000264. The molecule has 0 fully saturated rings. The fraction of sp³-hybridized carbons (Fsp3) is 0.529. The summed E-state index contributed by atoms with van der Waals surface area (Å²) in [5, 5.41) is 4.13. The van der Waals surface area contributed by atoms with Gasteiger partial charge in [-0.25, -0.2) is 4.98 Å². The minimum Gasteiger partial charge on any atom is -0.352 e. The van der Waals surface area contributed by atoms with Crippen molar-refractivity contribution in [2.24, 2.45) is 11.7 Å². The van der Waals surface area contributed by atoms with Crippen molar-refractivity contribution in [3.8, 4) is 0 Å². The van der Waals surface area contributed by atoms with Gasteiger partial charge in [0.05, 0.1) is 15.2 Å². The zero-order valence-corrected chi connectivity index (χ0v) is 16.6. The van der Waals surface area contributed by atoms with Gasteiger partial charge < -0.3 is 11.1 Å². The maximum absolute atomic E-state index is 12.0. The van der Waals surface area contributed by atoms with Gasteiger partial charge in [0.15, 0.2) is 0 Å². The number of aryl methyl sites for hydroxylation is 1. The third-order valence-corrected chi connectivity index (χ3v) is 4.63. The van der Waals surface area contributed by atoms with E-state index in [2.05, 4.69) is 30.2 Å². The minimum atomic E-state index is 0. The average molecular weight is 392 g/mol. The molecule has 1 unspecified atom stereocenters. The van der Waals surface area contributed by atoms with Crippen LogP contribution in [0.25, 0.3) is 10.2 Å². The number of halogens is 2. The van der Waals surface area contributed by atoms with E-state index in [0.717, 1.165) is 29.8 Å². The minimum absolute atomic E-state index is 0. The lowest BCUT2D eigenvalue weighted by atomic mass is 10.0. The number of rotatable bonds is 8. The number of hydrogen-bond donors (Lipinski definition) is 2. The van der Waals surface area contributed by atoms with E-state index < -0.39 is 0 Å². The van der Waals surface area contributed by atoms with Crippen molar-refractivity contribution in [3.63, 3.8) is 0 Å². The summed E-state index contributed by atoms with van der Waals surface area (Å²) in [5.41, 5.74) is 6.76. The van der Waals surface area contributed by atoms with Crippen molar-refractivity contribution in [1.29, 1.82) is 0 Å². The van der Waals surface area contributed by atoms with Crippen LogP contribution in [0.15, 0.2) is 24.3 Å². The number of nitrogens with one attached hydrogen (secondary N) is 1. The second kappa shape index (κ2) is 11.6. The molecule has 24 heavy (non-hydrogen) atoms. The molecule has 0 spiro atoms. The molecule has 2 rings (SSSR count). The Labute approximate surface area is 160 Å². The molecule has 0 aliphatic carbocycles. The van der Waals surface area contributed by atoms with Crippen LogP contribution >= 0.6 is 36.2 Å². The second-order valence-electron chi connectivity index (χ2n) is 6.06. The Bertz CT molecular complexity index is 586. The van der Waals surface area contributed by atoms with E-state index in [9.17, 15) is 4.79 Å². The maximum Gasteiger partial charge on any atom is 0.220 e. The van der Waals surface area contributed by atoms with Gasteiger partial charge in [-0.15, -0.1) is 36.2 Å². The van der Waals surface area contributed by atoms with Gasteiger partial charge in [0.1, 0.15) is 0 Å². The zero-order chi connectivity index (χ0) is 15.9. The molecular weight excluding hydrogens is 365 g/mol. The van der Waals surface area contributed by atoms with E-state index in [1.54, 1.807) is 11.3 Å². The molecule has 0 saturated carbocycles. The Morgan fingerprint density at radius 3 is 2.62 bits per heavy atom. The molecular formula is C17H27Cl2N3OS.